The van der Waals surface area contributed by atoms with Crippen molar-refractivity contribution in [3.63, 3.8) is 0 Å². The number of rotatable bonds is 8. The van der Waals surface area contributed by atoms with E-state index in [0.29, 0.717) is 25.0 Å². The number of hydrogen-bond donors (Lipinski definition) is 1. The highest BCUT2D eigenvalue weighted by Gasteiger charge is 2.43. The highest BCUT2D eigenvalue weighted by atomic mass is 32.2. The van der Waals surface area contributed by atoms with Crippen LogP contribution in [0.25, 0.3) is 0 Å². The van der Waals surface area contributed by atoms with Crippen LogP contribution in [-0.2, 0) is 26.0 Å². The van der Waals surface area contributed by atoms with E-state index < -0.39 is 22.0 Å². The lowest BCUT2D eigenvalue weighted by molar-refractivity contribution is -0.133. The number of sulfone groups is 1. The SMILES string of the molecule is CC(C)N(C)[C@@H]1CC[C@H](N2CC[C@H](NC(=O)OCc3ccccc3)C2=O)[C@H](CS(C)(=O)=O)C1. The lowest BCUT2D eigenvalue weighted by atomic mass is 9.81. The van der Waals surface area contributed by atoms with Gasteiger partial charge in [0.2, 0.25) is 5.91 Å². The fourth-order valence-corrected chi connectivity index (χ4v) is 6.20. The quantitative estimate of drug-likeness (QED) is 0.615. The van der Waals surface area contributed by atoms with Gasteiger partial charge in [-0.15, -0.1) is 0 Å². The van der Waals surface area contributed by atoms with E-state index in [1.165, 1.54) is 6.26 Å². The monoisotopic (exact) mass is 479 g/mol. The van der Waals surface area contributed by atoms with Crippen LogP contribution in [0.15, 0.2) is 30.3 Å². The molecule has 4 atom stereocenters. The molecule has 1 saturated heterocycles. The van der Waals surface area contributed by atoms with Gasteiger partial charge in [-0.2, -0.15) is 0 Å². The second-order valence-electron chi connectivity index (χ2n) is 9.72. The van der Waals surface area contributed by atoms with Gasteiger partial charge in [-0.1, -0.05) is 30.3 Å². The van der Waals surface area contributed by atoms with Crippen LogP contribution in [0.2, 0.25) is 0 Å². The molecule has 0 spiro atoms. The first-order chi connectivity index (χ1) is 15.5. The van der Waals surface area contributed by atoms with Crippen LogP contribution >= 0.6 is 0 Å². The fourth-order valence-electron chi connectivity index (χ4n) is 5.07. The van der Waals surface area contributed by atoms with Gasteiger partial charge in [-0.3, -0.25) is 4.79 Å². The molecule has 1 N–H and O–H groups in total. The molecule has 184 valence electrons. The number of likely N-dealkylation sites (tertiary alicyclic amines) is 1. The first kappa shape index (κ1) is 25.5. The van der Waals surface area contributed by atoms with E-state index >= 15 is 0 Å². The van der Waals surface area contributed by atoms with Crippen molar-refractivity contribution in [3.8, 4) is 0 Å². The van der Waals surface area contributed by atoms with E-state index in [4.69, 9.17) is 4.74 Å². The minimum atomic E-state index is -3.19. The zero-order valence-electron chi connectivity index (χ0n) is 20.1. The van der Waals surface area contributed by atoms with Crippen molar-refractivity contribution < 1.29 is 22.7 Å². The predicted molar refractivity (Wildman–Crippen MR) is 127 cm³/mol. The van der Waals surface area contributed by atoms with Crippen molar-refractivity contribution in [3.05, 3.63) is 35.9 Å². The maximum atomic E-state index is 13.1. The number of nitrogens with zero attached hydrogens (tertiary/aromatic N) is 2. The minimum Gasteiger partial charge on any atom is -0.445 e. The van der Waals surface area contributed by atoms with Crippen molar-refractivity contribution in [1.29, 1.82) is 0 Å². The Balaban J connectivity index is 1.61. The van der Waals surface area contributed by atoms with Gasteiger partial charge in [0, 0.05) is 30.9 Å². The molecule has 1 aliphatic carbocycles. The number of ether oxygens (including phenoxy) is 1. The summed E-state index contributed by atoms with van der Waals surface area (Å²) in [6.45, 7) is 4.92. The van der Waals surface area contributed by atoms with Crippen LogP contribution in [0, 0.1) is 5.92 Å². The molecule has 8 nitrogen and oxygen atoms in total. The average molecular weight is 480 g/mol. The van der Waals surface area contributed by atoms with Crippen molar-refractivity contribution in [2.24, 2.45) is 5.92 Å². The molecule has 9 heteroatoms. The molecule has 1 aliphatic heterocycles. The van der Waals surface area contributed by atoms with E-state index in [-0.39, 0.29) is 30.2 Å². The molecule has 3 rings (SSSR count). The lowest BCUT2D eigenvalue weighted by Gasteiger charge is -2.44. The van der Waals surface area contributed by atoms with Crippen LogP contribution in [-0.4, -0.2) is 80.0 Å². The highest BCUT2D eigenvalue weighted by molar-refractivity contribution is 7.90. The van der Waals surface area contributed by atoms with E-state index in [1.54, 1.807) is 4.90 Å². The standard InChI is InChI=1S/C24H37N3O5S/c1-17(2)26(3)20-10-11-22(19(14-20)16-33(4,30)31)27-13-12-21(23(27)28)25-24(29)32-15-18-8-6-5-7-9-18/h5-9,17,19-22H,10-16H2,1-4H3,(H,25,29)/t19-,20+,21-,22-/m0/s1. The smallest absolute Gasteiger partial charge is 0.408 e. The van der Waals surface area contributed by atoms with Gasteiger partial charge in [0.25, 0.3) is 0 Å². The summed E-state index contributed by atoms with van der Waals surface area (Å²) in [4.78, 5) is 29.5. The molecule has 1 saturated carbocycles. The normalized spacial score (nSPS) is 26.1. The lowest BCUT2D eigenvalue weighted by Crippen LogP contribution is -2.53. The molecule has 1 aromatic carbocycles. The maximum Gasteiger partial charge on any atom is 0.408 e. The first-order valence-corrected chi connectivity index (χ1v) is 13.8. The second-order valence-corrected chi connectivity index (χ2v) is 11.9. The number of benzene rings is 1. The Kier molecular flexibility index (Phi) is 8.39. The molecular weight excluding hydrogens is 442 g/mol. The van der Waals surface area contributed by atoms with Crippen LogP contribution in [0.1, 0.15) is 45.1 Å². The van der Waals surface area contributed by atoms with Crippen molar-refractivity contribution in [1.82, 2.24) is 15.1 Å². The van der Waals surface area contributed by atoms with Gasteiger partial charge >= 0.3 is 6.09 Å². The van der Waals surface area contributed by atoms with Gasteiger partial charge < -0.3 is 19.9 Å². The van der Waals surface area contributed by atoms with Crippen LogP contribution in [0.5, 0.6) is 0 Å². The third kappa shape index (κ3) is 6.93. The van der Waals surface area contributed by atoms with E-state index in [2.05, 4.69) is 31.1 Å². The summed E-state index contributed by atoms with van der Waals surface area (Å²) in [6.07, 6.45) is 3.57. The maximum absolute atomic E-state index is 13.1. The first-order valence-electron chi connectivity index (χ1n) is 11.7. The molecule has 2 aliphatic rings. The number of nitrogens with one attached hydrogen (secondary N) is 1. The second kappa shape index (κ2) is 10.9. The molecular formula is C24H37N3O5S. The molecule has 0 bridgehead atoms. The molecule has 2 amide bonds. The molecule has 1 heterocycles. The van der Waals surface area contributed by atoms with Gasteiger partial charge in [-0.05, 0) is 58.1 Å². The molecule has 1 aromatic rings. The third-order valence-electron chi connectivity index (χ3n) is 6.97. The van der Waals surface area contributed by atoms with Gasteiger partial charge in [0.1, 0.15) is 22.5 Å². The Hall–Kier alpha value is -2.13. The van der Waals surface area contributed by atoms with Gasteiger partial charge in [0.05, 0.1) is 5.75 Å². The van der Waals surface area contributed by atoms with Crippen molar-refractivity contribution in [2.45, 2.75) is 70.3 Å². The van der Waals surface area contributed by atoms with Crippen molar-refractivity contribution >= 4 is 21.8 Å². The number of alkyl carbamates (subject to hydrolysis) is 1. The highest BCUT2D eigenvalue weighted by Crippen LogP contribution is 2.34. The Bertz CT molecular complexity index is 921. The summed E-state index contributed by atoms with van der Waals surface area (Å²) >= 11 is 0. The Labute approximate surface area is 197 Å². The van der Waals surface area contributed by atoms with E-state index in [9.17, 15) is 18.0 Å². The largest absolute Gasteiger partial charge is 0.445 e. The summed E-state index contributed by atoms with van der Waals surface area (Å²) in [5, 5.41) is 2.69. The predicted octanol–water partition coefficient (Wildman–Crippen LogP) is 2.44. The van der Waals surface area contributed by atoms with E-state index in [1.807, 2.05) is 30.3 Å². The molecule has 0 radical (unpaired) electrons. The summed E-state index contributed by atoms with van der Waals surface area (Å²) in [7, 11) is -1.11. The zero-order chi connectivity index (χ0) is 24.2. The molecule has 0 unspecified atom stereocenters. The Morgan fingerprint density at radius 3 is 2.55 bits per heavy atom. The van der Waals surface area contributed by atoms with Crippen molar-refractivity contribution in [2.75, 3.05) is 25.6 Å². The van der Waals surface area contributed by atoms with Gasteiger partial charge in [0.15, 0.2) is 0 Å². The summed E-state index contributed by atoms with van der Waals surface area (Å²) < 4.78 is 29.6. The number of carbonyl (C=O) groups is 2. The van der Waals surface area contributed by atoms with Crippen LogP contribution < -0.4 is 5.32 Å². The fraction of sp³-hybridized carbons (Fsp3) is 0.667. The van der Waals surface area contributed by atoms with Crippen LogP contribution in [0.4, 0.5) is 4.79 Å². The molecule has 2 fully saturated rings. The summed E-state index contributed by atoms with van der Waals surface area (Å²) in [5.41, 5.74) is 0.874. The molecule has 0 aromatic heterocycles. The topological polar surface area (TPSA) is 96.0 Å². The number of hydrogen-bond acceptors (Lipinski definition) is 6. The van der Waals surface area contributed by atoms with Gasteiger partial charge in [-0.25, -0.2) is 13.2 Å². The third-order valence-corrected chi connectivity index (χ3v) is 8.00. The van der Waals surface area contributed by atoms with Crippen LogP contribution in [0.3, 0.4) is 0 Å². The Morgan fingerprint density at radius 1 is 1.21 bits per heavy atom. The Morgan fingerprint density at radius 2 is 1.91 bits per heavy atom. The summed E-state index contributed by atoms with van der Waals surface area (Å²) in [6, 6.07) is 9.27. The average Bonchev–Trinajstić information content (AvgIpc) is 3.11. The minimum absolute atomic E-state index is 0.0705. The molecule has 33 heavy (non-hydrogen) atoms. The number of carbonyl (C=O) groups excluding carboxylic acids is 2. The van der Waals surface area contributed by atoms with E-state index in [0.717, 1.165) is 24.8 Å². The number of amides is 2. The zero-order valence-corrected chi connectivity index (χ0v) is 20.9. The summed E-state index contributed by atoms with van der Waals surface area (Å²) in [5.74, 6) is -0.195.